The van der Waals surface area contributed by atoms with Gasteiger partial charge in [0.05, 0.1) is 0 Å². The van der Waals surface area contributed by atoms with Crippen molar-refractivity contribution >= 4 is 5.91 Å². The van der Waals surface area contributed by atoms with Crippen molar-refractivity contribution in [1.29, 1.82) is 0 Å². The minimum atomic E-state index is -0.385. The van der Waals surface area contributed by atoms with Crippen LogP contribution in [-0.2, 0) is 0 Å². The summed E-state index contributed by atoms with van der Waals surface area (Å²) in [6, 6.07) is 5.83. The van der Waals surface area contributed by atoms with Crippen molar-refractivity contribution in [3.63, 3.8) is 0 Å². The number of rotatable bonds is 4. The second-order valence-corrected chi connectivity index (χ2v) is 4.51. The van der Waals surface area contributed by atoms with Crippen LogP contribution in [0.5, 0.6) is 0 Å². The highest BCUT2D eigenvalue weighted by molar-refractivity contribution is 5.94. The van der Waals surface area contributed by atoms with Gasteiger partial charge in [-0.1, -0.05) is 19.9 Å². The van der Waals surface area contributed by atoms with Crippen LogP contribution in [0, 0.1) is 11.7 Å². The number of hydrogen-bond acceptors (Lipinski definition) is 1. The first-order valence-corrected chi connectivity index (χ1v) is 5.55. The first kappa shape index (κ1) is 12.7. The van der Waals surface area contributed by atoms with Crippen molar-refractivity contribution in [2.24, 2.45) is 5.92 Å². The summed E-state index contributed by atoms with van der Waals surface area (Å²) in [6.45, 7) is 6.16. The van der Waals surface area contributed by atoms with Crippen LogP contribution in [0.15, 0.2) is 24.3 Å². The smallest absolute Gasteiger partial charge is 0.251 e. The minimum absolute atomic E-state index is 0.107. The van der Waals surface area contributed by atoms with Crippen molar-refractivity contribution in [1.82, 2.24) is 5.32 Å². The number of amides is 1. The van der Waals surface area contributed by atoms with Gasteiger partial charge < -0.3 is 5.32 Å². The van der Waals surface area contributed by atoms with E-state index in [-0.39, 0.29) is 17.8 Å². The second kappa shape index (κ2) is 5.64. The lowest BCUT2D eigenvalue weighted by Crippen LogP contribution is -2.33. The molecule has 3 heteroatoms. The molecule has 0 aliphatic rings. The second-order valence-electron chi connectivity index (χ2n) is 4.51. The number of carbonyl (C=O) groups excluding carboxylic acids is 1. The molecule has 0 bridgehead atoms. The molecule has 2 nitrogen and oxygen atoms in total. The zero-order valence-corrected chi connectivity index (χ0v) is 9.96. The summed E-state index contributed by atoms with van der Waals surface area (Å²) in [4.78, 5) is 11.7. The van der Waals surface area contributed by atoms with Crippen LogP contribution in [0.1, 0.15) is 37.6 Å². The van der Waals surface area contributed by atoms with Gasteiger partial charge in [0.25, 0.3) is 5.91 Å². The summed E-state index contributed by atoms with van der Waals surface area (Å²) in [6.07, 6.45) is 0.918. The van der Waals surface area contributed by atoms with Crippen molar-refractivity contribution in [2.45, 2.75) is 33.2 Å². The fourth-order valence-corrected chi connectivity index (χ4v) is 1.70. The van der Waals surface area contributed by atoms with E-state index in [1.165, 1.54) is 18.2 Å². The number of hydrogen-bond donors (Lipinski definition) is 1. The Morgan fingerprint density at radius 3 is 2.62 bits per heavy atom. The molecule has 1 rings (SSSR count). The van der Waals surface area contributed by atoms with Crippen molar-refractivity contribution in [3.05, 3.63) is 35.6 Å². The topological polar surface area (TPSA) is 29.1 Å². The van der Waals surface area contributed by atoms with Crippen LogP contribution < -0.4 is 5.32 Å². The Kier molecular flexibility index (Phi) is 4.47. The summed E-state index contributed by atoms with van der Waals surface area (Å²) in [5.74, 6) is -0.0698. The highest BCUT2D eigenvalue weighted by Gasteiger charge is 2.11. The van der Waals surface area contributed by atoms with Crippen LogP contribution >= 0.6 is 0 Å². The molecule has 0 aliphatic heterocycles. The van der Waals surface area contributed by atoms with Gasteiger partial charge in [-0.2, -0.15) is 0 Å². The van der Waals surface area contributed by atoms with Crippen LogP contribution in [0.2, 0.25) is 0 Å². The molecule has 1 N–H and O–H groups in total. The fourth-order valence-electron chi connectivity index (χ4n) is 1.70. The van der Waals surface area contributed by atoms with Crippen molar-refractivity contribution in [2.75, 3.05) is 0 Å². The lowest BCUT2D eigenvalue weighted by atomic mass is 10.0. The maximum absolute atomic E-state index is 12.9. The highest BCUT2D eigenvalue weighted by Crippen LogP contribution is 2.07. The largest absolute Gasteiger partial charge is 0.350 e. The Balaban J connectivity index is 2.59. The predicted molar refractivity (Wildman–Crippen MR) is 62.8 cm³/mol. The van der Waals surface area contributed by atoms with Crippen LogP contribution in [0.3, 0.4) is 0 Å². The SMILES string of the molecule is CC(C)CC(C)NC(=O)c1cccc(F)c1. The summed E-state index contributed by atoms with van der Waals surface area (Å²) < 4.78 is 12.9. The molecule has 0 radical (unpaired) electrons. The Morgan fingerprint density at radius 1 is 1.38 bits per heavy atom. The van der Waals surface area contributed by atoms with Gasteiger partial charge in [0, 0.05) is 11.6 Å². The predicted octanol–water partition coefficient (Wildman–Crippen LogP) is 2.99. The molecule has 1 aromatic carbocycles. The number of halogens is 1. The molecular formula is C13H18FNO. The van der Waals surface area contributed by atoms with Crippen LogP contribution in [0.25, 0.3) is 0 Å². The Morgan fingerprint density at radius 2 is 2.06 bits per heavy atom. The fraction of sp³-hybridized carbons (Fsp3) is 0.462. The summed E-state index contributed by atoms with van der Waals surface area (Å²) in [7, 11) is 0. The van der Waals surface area contributed by atoms with Crippen molar-refractivity contribution in [3.8, 4) is 0 Å². The van der Waals surface area contributed by atoms with E-state index < -0.39 is 0 Å². The molecule has 0 saturated heterocycles. The normalized spacial score (nSPS) is 12.6. The third-order valence-electron chi connectivity index (χ3n) is 2.29. The van der Waals surface area contributed by atoms with Gasteiger partial charge in [-0.3, -0.25) is 4.79 Å². The van der Waals surface area contributed by atoms with Crippen LogP contribution in [-0.4, -0.2) is 11.9 Å². The number of benzene rings is 1. The number of carbonyl (C=O) groups is 1. The summed E-state index contributed by atoms with van der Waals surface area (Å²) in [5.41, 5.74) is 0.371. The first-order chi connectivity index (χ1) is 7.49. The minimum Gasteiger partial charge on any atom is -0.350 e. The Labute approximate surface area is 95.9 Å². The van der Waals surface area contributed by atoms with E-state index in [1.807, 2.05) is 6.92 Å². The molecule has 0 aromatic heterocycles. The third kappa shape index (κ3) is 4.01. The van der Waals surface area contributed by atoms with Gasteiger partial charge >= 0.3 is 0 Å². The first-order valence-electron chi connectivity index (χ1n) is 5.55. The molecule has 0 saturated carbocycles. The lowest BCUT2D eigenvalue weighted by molar-refractivity contribution is 0.0935. The summed E-state index contributed by atoms with van der Waals surface area (Å²) in [5, 5.41) is 2.85. The maximum Gasteiger partial charge on any atom is 0.251 e. The Bertz CT molecular complexity index is 363. The molecule has 1 amide bonds. The van der Waals surface area contributed by atoms with Gasteiger partial charge in [0.15, 0.2) is 0 Å². The third-order valence-corrected chi connectivity index (χ3v) is 2.29. The van der Waals surface area contributed by atoms with Gasteiger partial charge in [-0.25, -0.2) is 4.39 Å². The standard InChI is InChI=1S/C13H18FNO/c1-9(2)7-10(3)15-13(16)11-5-4-6-12(14)8-11/h4-6,8-10H,7H2,1-3H3,(H,15,16). The van der Waals surface area contributed by atoms with E-state index in [9.17, 15) is 9.18 Å². The quantitative estimate of drug-likeness (QED) is 0.835. The lowest BCUT2D eigenvalue weighted by Gasteiger charge is -2.15. The molecular weight excluding hydrogens is 205 g/mol. The van der Waals surface area contributed by atoms with E-state index in [2.05, 4.69) is 19.2 Å². The van der Waals surface area contributed by atoms with E-state index in [1.54, 1.807) is 6.07 Å². The van der Waals surface area contributed by atoms with E-state index in [4.69, 9.17) is 0 Å². The van der Waals surface area contributed by atoms with Gasteiger partial charge in [0.2, 0.25) is 0 Å². The molecule has 0 aliphatic carbocycles. The molecule has 0 spiro atoms. The number of nitrogens with one attached hydrogen (secondary N) is 1. The van der Waals surface area contributed by atoms with Gasteiger partial charge in [-0.05, 0) is 37.5 Å². The average Bonchev–Trinajstić information content (AvgIpc) is 2.16. The molecule has 88 valence electrons. The molecule has 1 unspecified atom stereocenters. The van der Waals surface area contributed by atoms with Gasteiger partial charge in [-0.15, -0.1) is 0 Å². The van der Waals surface area contributed by atoms with E-state index in [0.717, 1.165) is 6.42 Å². The Hall–Kier alpha value is -1.38. The van der Waals surface area contributed by atoms with Gasteiger partial charge in [0.1, 0.15) is 5.82 Å². The highest BCUT2D eigenvalue weighted by atomic mass is 19.1. The zero-order valence-electron chi connectivity index (χ0n) is 9.96. The van der Waals surface area contributed by atoms with E-state index >= 15 is 0 Å². The monoisotopic (exact) mass is 223 g/mol. The summed E-state index contributed by atoms with van der Waals surface area (Å²) >= 11 is 0. The molecule has 0 heterocycles. The maximum atomic E-state index is 12.9. The molecule has 1 aromatic rings. The van der Waals surface area contributed by atoms with Crippen molar-refractivity contribution < 1.29 is 9.18 Å². The average molecular weight is 223 g/mol. The molecule has 16 heavy (non-hydrogen) atoms. The molecule has 1 atom stereocenters. The van der Waals surface area contributed by atoms with Crippen LogP contribution in [0.4, 0.5) is 4.39 Å². The molecule has 0 fully saturated rings. The zero-order chi connectivity index (χ0) is 12.1. The van der Waals surface area contributed by atoms with E-state index in [0.29, 0.717) is 11.5 Å².